The Kier molecular flexibility index (Phi) is 5.15. The second-order valence-corrected chi connectivity index (χ2v) is 6.62. The summed E-state index contributed by atoms with van der Waals surface area (Å²) in [6.45, 7) is 2.42. The number of thiophene rings is 1. The molecule has 19 heavy (non-hydrogen) atoms. The highest BCUT2D eigenvalue weighted by Crippen LogP contribution is 2.37. The molecule has 2 nitrogen and oxygen atoms in total. The van der Waals surface area contributed by atoms with Gasteiger partial charge in [0.25, 0.3) is 0 Å². The van der Waals surface area contributed by atoms with E-state index in [-0.39, 0.29) is 6.10 Å². The summed E-state index contributed by atoms with van der Waals surface area (Å²) in [7, 11) is 0. The summed E-state index contributed by atoms with van der Waals surface area (Å²) in [6, 6.07) is 5.45. The third kappa shape index (κ3) is 3.44. The minimum atomic E-state index is -0.213. The van der Waals surface area contributed by atoms with Crippen LogP contribution in [-0.2, 0) is 0 Å². The Bertz CT molecular complexity index is 588. The highest BCUT2D eigenvalue weighted by Gasteiger charge is 2.17. The van der Waals surface area contributed by atoms with Crippen LogP contribution in [0.5, 0.6) is 5.75 Å². The second-order valence-electron chi connectivity index (χ2n) is 4.01. The zero-order valence-corrected chi connectivity index (χ0v) is 14.0. The van der Waals surface area contributed by atoms with Gasteiger partial charge in [0.05, 0.1) is 10.0 Å². The van der Waals surface area contributed by atoms with E-state index >= 15 is 0 Å². The van der Waals surface area contributed by atoms with Crippen molar-refractivity contribution < 1.29 is 4.74 Å². The Morgan fingerprint density at radius 1 is 1.37 bits per heavy atom. The Hall–Kier alpha value is -0.260. The molecule has 0 spiro atoms. The standard InChI is InChI=1S/C13H12BrCl2NOS/c1-7-2-3-19-13(7)12(6-17)18-11-5-9(15)8(14)4-10(11)16/h2-5,12H,6,17H2,1H3. The van der Waals surface area contributed by atoms with Crippen molar-refractivity contribution >= 4 is 50.5 Å². The maximum Gasteiger partial charge on any atom is 0.145 e. The fraction of sp³-hybridized carbons (Fsp3) is 0.231. The summed E-state index contributed by atoms with van der Waals surface area (Å²) in [5.74, 6) is 0.540. The first-order valence-corrected chi connectivity index (χ1v) is 8.01. The molecule has 6 heteroatoms. The molecule has 1 atom stereocenters. The van der Waals surface area contributed by atoms with Gasteiger partial charge in [-0.25, -0.2) is 0 Å². The molecule has 2 rings (SSSR count). The Labute approximate surface area is 134 Å². The third-order valence-electron chi connectivity index (χ3n) is 2.65. The van der Waals surface area contributed by atoms with Crippen LogP contribution >= 0.6 is 50.5 Å². The highest BCUT2D eigenvalue weighted by atomic mass is 79.9. The lowest BCUT2D eigenvalue weighted by molar-refractivity contribution is 0.217. The quantitative estimate of drug-likeness (QED) is 0.739. The molecule has 1 aromatic carbocycles. The summed E-state index contributed by atoms with van der Waals surface area (Å²) >= 11 is 17.2. The fourth-order valence-electron chi connectivity index (χ4n) is 1.67. The molecule has 0 radical (unpaired) electrons. The highest BCUT2D eigenvalue weighted by molar-refractivity contribution is 9.10. The van der Waals surface area contributed by atoms with Crippen LogP contribution in [0, 0.1) is 6.92 Å². The van der Waals surface area contributed by atoms with E-state index in [1.54, 1.807) is 23.5 Å². The van der Waals surface area contributed by atoms with Crippen molar-refractivity contribution in [3.05, 3.63) is 48.5 Å². The third-order valence-corrected chi connectivity index (χ3v) is 5.26. The summed E-state index contributed by atoms with van der Waals surface area (Å²) < 4.78 is 6.64. The first-order valence-electron chi connectivity index (χ1n) is 5.58. The molecule has 0 bridgehead atoms. The fourth-order valence-corrected chi connectivity index (χ4v) is 3.48. The number of rotatable bonds is 4. The molecule has 0 saturated heterocycles. The summed E-state index contributed by atoms with van der Waals surface area (Å²) in [5, 5.41) is 3.08. The van der Waals surface area contributed by atoms with Gasteiger partial charge in [-0.1, -0.05) is 23.2 Å². The number of nitrogens with two attached hydrogens (primary N) is 1. The number of hydrogen-bond acceptors (Lipinski definition) is 3. The van der Waals surface area contributed by atoms with Crippen LogP contribution in [0.1, 0.15) is 16.5 Å². The molecule has 0 saturated carbocycles. The number of benzene rings is 1. The van der Waals surface area contributed by atoms with Crippen molar-refractivity contribution in [2.45, 2.75) is 13.0 Å². The molecule has 0 aliphatic carbocycles. The lowest BCUT2D eigenvalue weighted by atomic mass is 10.2. The van der Waals surface area contributed by atoms with E-state index in [9.17, 15) is 0 Å². The molecular weight excluding hydrogens is 369 g/mol. The zero-order chi connectivity index (χ0) is 14.0. The summed E-state index contributed by atoms with van der Waals surface area (Å²) in [6.07, 6.45) is -0.213. The van der Waals surface area contributed by atoms with Gasteiger partial charge in [0.1, 0.15) is 11.9 Å². The summed E-state index contributed by atoms with van der Waals surface area (Å²) in [5.41, 5.74) is 6.96. The van der Waals surface area contributed by atoms with Gasteiger partial charge in [-0.3, -0.25) is 0 Å². The van der Waals surface area contributed by atoms with Gasteiger partial charge in [-0.15, -0.1) is 11.3 Å². The van der Waals surface area contributed by atoms with Crippen molar-refractivity contribution in [2.75, 3.05) is 6.54 Å². The predicted octanol–water partition coefficient (Wildman–Crippen LogP) is 5.20. The van der Waals surface area contributed by atoms with Crippen LogP contribution in [0.25, 0.3) is 0 Å². The SMILES string of the molecule is Cc1ccsc1C(CN)Oc1cc(Cl)c(Br)cc1Cl. The van der Waals surface area contributed by atoms with Crippen LogP contribution < -0.4 is 10.5 Å². The summed E-state index contributed by atoms with van der Waals surface area (Å²) in [4.78, 5) is 1.11. The van der Waals surface area contributed by atoms with Crippen LogP contribution in [0.2, 0.25) is 10.0 Å². The molecule has 0 amide bonds. The molecule has 0 aliphatic heterocycles. The first-order chi connectivity index (χ1) is 9.02. The van der Waals surface area contributed by atoms with Crippen LogP contribution in [0.15, 0.2) is 28.1 Å². The average Bonchev–Trinajstić information content (AvgIpc) is 2.78. The number of halogens is 3. The van der Waals surface area contributed by atoms with E-state index in [1.165, 1.54) is 5.56 Å². The predicted molar refractivity (Wildman–Crippen MR) is 85.6 cm³/mol. The van der Waals surface area contributed by atoms with E-state index in [0.29, 0.717) is 22.3 Å². The smallest absolute Gasteiger partial charge is 0.145 e. The van der Waals surface area contributed by atoms with Gasteiger partial charge >= 0.3 is 0 Å². The molecular formula is C13H12BrCl2NOS. The average molecular weight is 381 g/mol. The van der Waals surface area contributed by atoms with Gasteiger partial charge < -0.3 is 10.5 Å². The van der Waals surface area contributed by atoms with Gasteiger partial charge in [0.15, 0.2) is 0 Å². The van der Waals surface area contributed by atoms with Crippen LogP contribution in [0.3, 0.4) is 0 Å². The second kappa shape index (κ2) is 6.46. The number of ether oxygens (including phenoxy) is 1. The normalized spacial score (nSPS) is 12.5. The molecule has 0 aliphatic rings. The van der Waals surface area contributed by atoms with E-state index in [4.69, 9.17) is 33.7 Å². The van der Waals surface area contributed by atoms with E-state index in [0.717, 1.165) is 9.35 Å². The number of aryl methyl sites for hydroxylation is 1. The van der Waals surface area contributed by atoms with Crippen molar-refractivity contribution in [2.24, 2.45) is 5.73 Å². The van der Waals surface area contributed by atoms with Gasteiger partial charge in [-0.2, -0.15) is 0 Å². The van der Waals surface area contributed by atoms with Crippen molar-refractivity contribution in [1.82, 2.24) is 0 Å². The first kappa shape index (κ1) is 15.1. The molecule has 1 aromatic heterocycles. The largest absolute Gasteiger partial charge is 0.482 e. The van der Waals surface area contributed by atoms with E-state index in [2.05, 4.69) is 15.9 Å². The van der Waals surface area contributed by atoms with E-state index in [1.807, 2.05) is 18.4 Å². The maximum atomic E-state index is 6.15. The molecule has 1 heterocycles. The minimum Gasteiger partial charge on any atom is -0.482 e. The van der Waals surface area contributed by atoms with Gasteiger partial charge in [0.2, 0.25) is 0 Å². The topological polar surface area (TPSA) is 35.2 Å². The van der Waals surface area contributed by atoms with Gasteiger partial charge in [0, 0.05) is 22.0 Å². The van der Waals surface area contributed by atoms with Crippen molar-refractivity contribution in [1.29, 1.82) is 0 Å². The molecule has 1 unspecified atom stereocenters. The zero-order valence-electron chi connectivity index (χ0n) is 10.1. The maximum absolute atomic E-state index is 6.15. The minimum absolute atomic E-state index is 0.213. The van der Waals surface area contributed by atoms with E-state index < -0.39 is 0 Å². The molecule has 102 valence electrons. The molecule has 2 N–H and O–H groups in total. The lowest BCUT2D eigenvalue weighted by Gasteiger charge is -2.18. The Morgan fingerprint density at radius 3 is 2.68 bits per heavy atom. The van der Waals surface area contributed by atoms with Gasteiger partial charge in [-0.05, 0) is 45.9 Å². The van der Waals surface area contributed by atoms with Crippen LogP contribution in [-0.4, -0.2) is 6.54 Å². The number of hydrogen-bond donors (Lipinski definition) is 1. The lowest BCUT2D eigenvalue weighted by Crippen LogP contribution is -2.18. The molecule has 2 aromatic rings. The molecule has 0 fully saturated rings. The van der Waals surface area contributed by atoms with Crippen LogP contribution in [0.4, 0.5) is 0 Å². The van der Waals surface area contributed by atoms with Crippen molar-refractivity contribution in [3.8, 4) is 5.75 Å². The monoisotopic (exact) mass is 379 g/mol. The van der Waals surface area contributed by atoms with Crippen molar-refractivity contribution in [3.63, 3.8) is 0 Å². The Morgan fingerprint density at radius 2 is 2.11 bits per heavy atom. The Balaban J connectivity index is 2.29.